The molecule has 0 aromatic carbocycles. The number of rotatable bonds is 54. The number of hydrogen-bond acceptors (Lipinski definition) is 8. The molecule has 0 aliphatic carbocycles. The molecule has 11 nitrogen and oxygen atoms in total. The van der Waals surface area contributed by atoms with E-state index in [1.54, 1.807) is 0 Å². The Balaban J connectivity index is 3.75. The molecule has 12 heteroatoms. The molecule has 1 amide bonds. The zero-order chi connectivity index (χ0) is 49.9. The van der Waals surface area contributed by atoms with Gasteiger partial charge in [0.2, 0.25) is 5.91 Å². The molecule has 0 saturated heterocycles. The zero-order valence-corrected chi connectivity index (χ0v) is 44.8. The fourth-order valence-electron chi connectivity index (χ4n) is 8.35. The molecule has 68 heavy (non-hydrogen) atoms. The Kier molecular flexibility index (Phi) is 49.8. The molecular weight excluding hydrogens is 878 g/mol. The number of phosphoric acid groups is 1. The topological polar surface area (TPSA) is 169 Å². The fourth-order valence-corrected chi connectivity index (χ4v) is 9.12. The van der Waals surface area contributed by atoms with E-state index in [2.05, 4.69) is 43.5 Å². The highest BCUT2D eigenvalue weighted by Crippen LogP contribution is 2.43. The van der Waals surface area contributed by atoms with Crippen LogP contribution in [0.4, 0.5) is 0 Å². The normalized spacial score (nSPS) is 13.6. The van der Waals surface area contributed by atoms with E-state index in [-0.39, 0.29) is 12.8 Å². The Morgan fingerprint density at radius 1 is 0.471 bits per heavy atom. The highest BCUT2D eigenvalue weighted by Gasteiger charge is 2.28. The highest BCUT2D eigenvalue weighted by atomic mass is 31.2. The number of phosphoric ester groups is 1. The Hall–Kier alpha value is -2.04. The van der Waals surface area contributed by atoms with Crippen LogP contribution >= 0.6 is 7.82 Å². The zero-order valence-electron chi connectivity index (χ0n) is 43.9. The number of aliphatic hydroxyl groups excluding tert-OH is 1. The highest BCUT2D eigenvalue weighted by molar-refractivity contribution is 7.47. The van der Waals surface area contributed by atoms with Crippen molar-refractivity contribution in [3.05, 3.63) is 24.3 Å². The number of amides is 1. The third-order valence-corrected chi connectivity index (χ3v) is 13.7. The van der Waals surface area contributed by atoms with E-state index < -0.39 is 57.6 Å². The molecule has 0 aliphatic heterocycles. The summed E-state index contributed by atoms with van der Waals surface area (Å²) in [4.78, 5) is 46.2. The van der Waals surface area contributed by atoms with E-state index in [1.807, 2.05) is 0 Å². The Morgan fingerprint density at radius 2 is 0.809 bits per heavy atom. The average Bonchev–Trinajstić information content (AvgIpc) is 3.32. The Bertz CT molecular complexity index is 1250. The van der Waals surface area contributed by atoms with E-state index in [9.17, 15) is 34.1 Å². The number of unbranched alkanes of at least 4 members (excludes halogenated alkanes) is 36. The molecule has 0 bridgehead atoms. The minimum atomic E-state index is -4.76. The van der Waals surface area contributed by atoms with Gasteiger partial charge < -0.3 is 25.2 Å². The second-order valence-corrected chi connectivity index (χ2v) is 20.9. The van der Waals surface area contributed by atoms with Crippen LogP contribution in [0.5, 0.6) is 0 Å². The third kappa shape index (κ3) is 50.4. The summed E-state index contributed by atoms with van der Waals surface area (Å²) in [5.74, 6) is -2.35. The molecule has 3 unspecified atom stereocenters. The molecule has 0 spiro atoms. The molecule has 0 radical (unpaired) electrons. The van der Waals surface area contributed by atoms with E-state index >= 15 is 0 Å². The Morgan fingerprint density at radius 3 is 1.22 bits per heavy atom. The van der Waals surface area contributed by atoms with E-state index in [4.69, 9.17) is 13.8 Å². The number of aliphatic carboxylic acids is 1. The molecule has 0 saturated carbocycles. The number of ether oxygens (including phenoxy) is 1. The van der Waals surface area contributed by atoms with E-state index in [0.29, 0.717) is 12.8 Å². The van der Waals surface area contributed by atoms with Gasteiger partial charge in [-0.1, -0.05) is 250 Å². The van der Waals surface area contributed by atoms with Gasteiger partial charge in [0.05, 0.1) is 13.2 Å². The lowest BCUT2D eigenvalue weighted by molar-refractivity contribution is -0.147. The van der Waals surface area contributed by atoms with Crippen molar-refractivity contribution < 1.29 is 47.8 Å². The van der Waals surface area contributed by atoms with E-state index in [0.717, 1.165) is 44.9 Å². The summed E-state index contributed by atoms with van der Waals surface area (Å²) in [5.41, 5.74) is 0. The summed E-state index contributed by atoms with van der Waals surface area (Å²) in [6.07, 6.45) is 57.7. The third-order valence-electron chi connectivity index (χ3n) is 12.7. The number of nitrogens with one attached hydrogen (secondary N) is 1. The number of carbonyl (C=O) groups is 3. The Labute approximate surface area is 417 Å². The van der Waals surface area contributed by atoms with Gasteiger partial charge in [-0.2, -0.15) is 0 Å². The molecule has 3 atom stereocenters. The number of hydrogen-bond donors (Lipinski definition) is 4. The number of esters is 1. The van der Waals surface area contributed by atoms with Gasteiger partial charge in [0.25, 0.3) is 0 Å². The maximum absolute atomic E-state index is 12.4. The van der Waals surface area contributed by atoms with Crippen LogP contribution in [0.2, 0.25) is 0 Å². The molecule has 0 aromatic heterocycles. The predicted molar refractivity (Wildman–Crippen MR) is 282 cm³/mol. The van der Waals surface area contributed by atoms with Gasteiger partial charge in [0.15, 0.2) is 6.04 Å². The van der Waals surface area contributed by atoms with Crippen LogP contribution in [-0.2, 0) is 32.7 Å². The molecule has 0 fully saturated rings. The average molecular weight is 984 g/mol. The van der Waals surface area contributed by atoms with Crippen molar-refractivity contribution in [2.24, 2.45) is 0 Å². The van der Waals surface area contributed by atoms with Crippen molar-refractivity contribution in [3.8, 4) is 0 Å². The molecule has 0 heterocycles. The molecule has 400 valence electrons. The molecule has 0 aliphatic rings. The molecule has 0 rings (SSSR count). The van der Waals surface area contributed by atoms with Crippen LogP contribution in [0.15, 0.2) is 24.3 Å². The number of aliphatic hydroxyl groups is 1. The second kappa shape index (κ2) is 51.3. The molecule has 0 aromatic rings. The van der Waals surface area contributed by atoms with Crippen molar-refractivity contribution in [3.63, 3.8) is 0 Å². The van der Waals surface area contributed by atoms with Crippen molar-refractivity contribution in [1.29, 1.82) is 0 Å². The van der Waals surface area contributed by atoms with Crippen molar-refractivity contribution in [2.45, 2.75) is 296 Å². The number of carbonyl (C=O) groups excluding carboxylic acids is 2. The monoisotopic (exact) mass is 984 g/mol. The minimum Gasteiger partial charge on any atom is -0.480 e. The second-order valence-electron chi connectivity index (χ2n) is 19.5. The lowest BCUT2D eigenvalue weighted by Crippen LogP contribution is -2.43. The maximum Gasteiger partial charge on any atom is 0.472 e. The van der Waals surface area contributed by atoms with Crippen LogP contribution in [0.1, 0.15) is 284 Å². The van der Waals surface area contributed by atoms with Gasteiger partial charge in [-0.25, -0.2) is 9.36 Å². The minimum absolute atomic E-state index is 0.151. The van der Waals surface area contributed by atoms with Crippen LogP contribution in [-0.4, -0.2) is 64.9 Å². The number of allylic oxidation sites excluding steroid dienone is 4. The first-order chi connectivity index (χ1) is 33.1. The smallest absolute Gasteiger partial charge is 0.472 e. The maximum atomic E-state index is 12.4. The van der Waals surface area contributed by atoms with Crippen LogP contribution < -0.4 is 5.32 Å². The van der Waals surface area contributed by atoms with Crippen molar-refractivity contribution in [1.82, 2.24) is 5.32 Å². The van der Waals surface area contributed by atoms with Crippen molar-refractivity contribution >= 4 is 25.7 Å². The van der Waals surface area contributed by atoms with Crippen LogP contribution in [0.25, 0.3) is 0 Å². The number of carboxylic acids is 1. The number of carboxylic acid groups (broad SMARTS) is 1. The summed E-state index contributed by atoms with van der Waals surface area (Å²) >= 11 is 0. The fraction of sp³-hybridized carbons (Fsp3) is 0.875. The van der Waals surface area contributed by atoms with Gasteiger partial charge in [-0.05, 0) is 44.9 Å². The summed E-state index contributed by atoms with van der Waals surface area (Å²) < 4.78 is 27.0. The molecule has 4 N–H and O–H groups in total. The lowest BCUT2D eigenvalue weighted by atomic mass is 10.0. The predicted octanol–water partition coefficient (Wildman–Crippen LogP) is 16.1. The lowest BCUT2D eigenvalue weighted by Gasteiger charge is -2.18. The largest absolute Gasteiger partial charge is 0.480 e. The van der Waals surface area contributed by atoms with Gasteiger partial charge in [-0.3, -0.25) is 18.6 Å². The standard InChI is InChI=1S/C56H106NO10P/c1-3-5-7-9-11-13-15-17-19-21-23-25-26-28-29-31-33-35-37-39-41-43-45-47-54(59)57-53(56(61)62)51-67-68(63,64)66-50-52(58)49-65-55(60)48-46-44-42-40-38-36-34-32-30-27-24-22-20-18-16-14-12-10-8-6-4-2/h12,14,18,20,52-53,58H,3-11,13,15-17,19,21-51H2,1-2H3,(H,57,59)(H,61,62)(H,63,64)/b14-12-,20-18-. The van der Waals surface area contributed by atoms with Gasteiger partial charge >= 0.3 is 19.8 Å². The summed E-state index contributed by atoms with van der Waals surface area (Å²) in [6, 6.07) is -1.54. The van der Waals surface area contributed by atoms with Crippen molar-refractivity contribution in [2.75, 3.05) is 19.8 Å². The summed E-state index contributed by atoms with van der Waals surface area (Å²) in [5, 5.41) is 22.0. The van der Waals surface area contributed by atoms with Gasteiger partial charge in [0, 0.05) is 12.8 Å². The van der Waals surface area contributed by atoms with Crippen LogP contribution in [0, 0.1) is 0 Å². The first-order valence-electron chi connectivity index (χ1n) is 28.4. The van der Waals surface area contributed by atoms with Gasteiger partial charge in [0.1, 0.15) is 12.7 Å². The quantitative estimate of drug-likeness (QED) is 0.0199. The first kappa shape index (κ1) is 66.0. The SMILES string of the molecule is CCCCC/C=C\C/C=C\CCCCCCCCCCCCCC(=O)OCC(O)COP(=O)(O)OCC(NC(=O)CCCCCCCCCCCCCCCCCCCCCCCCC)C(=O)O. The van der Waals surface area contributed by atoms with E-state index in [1.165, 1.54) is 199 Å². The first-order valence-corrected chi connectivity index (χ1v) is 29.9. The summed E-state index contributed by atoms with van der Waals surface area (Å²) in [6.45, 7) is 2.63. The summed E-state index contributed by atoms with van der Waals surface area (Å²) in [7, 11) is -4.76. The molecular formula is C56H106NO10P. The van der Waals surface area contributed by atoms with Crippen LogP contribution in [0.3, 0.4) is 0 Å². The van der Waals surface area contributed by atoms with Gasteiger partial charge in [-0.15, -0.1) is 0 Å².